The summed E-state index contributed by atoms with van der Waals surface area (Å²) in [5.41, 5.74) is 10.9. The highest BCUT2D eigenvalue weighted by Crippen LogP contribution is 2.33. The number of fused-ring (bicyclic) bond motifs is 1. The van der Waals surface area contributed by atoms with Gasteiger partial charge in [0.1, 0.15) is 5.52 Å². The van der Waals surface area contributed by atoms with E-state index in [0.717, 1.165) is 60.7 Å². The van der Waals surface area contributed by atoms with Gasteiger partial charge in [-0.2, -0.15) is 0 Å². The number of hydrogen-bond donors (Lipinski definition) is 2. The molecule has 6 rings (SSSR count). The van der Waals surface area contributed by atoms with Crippen LogP contribution in [0.4, 0.5) is 11.5 Å². The standard InChI is InChI=1S/C29H35N7/c30-23-11-7-10-22(18-23)27-33-28(26-29(34-27)36(20-31-26)25-12-5-2-6-13-25)32-24-14-16-35(17-15-24)19-21-8-3-1-4-9-21/h1,3-4,7-11,18,20,24-25H,2,5-6,12-17,19,30H2,(H,32,33,34). The normalized spacial score (nSPS) is 18.0. The van der Waals surface area contributed by atoms with Gasteiger partial charge < -0.3 is 15.6 Å². The molecule has 0 amide bonds. The van der Waals surface area contributed by atoms with E-state index in [4.69, 9.17) is 20.7 Å². The van der Waals surface area contributed by atoms with Crippen LogP contribution in [-0.2, 0) is 6.54 Å². The largest absolute Gasteiger partial charge is 0.399 e. The van der Waals surface area contributed by atoms with Gasteiger partial charge in [0, 0.05) is 43.0 Å². The number of piperidine rings is 1. The number of nitrogen functional groups attached to an aromatic ring is 1. The summed E-state index contributed by atoms with van der Waals surface area (Å²) in [6, 6.07) is 19.4. The van der Waals surface area contributed by atoms with E-state index in [9.17, 15) is 0 Å². The molecule has 3 heterocycles. The Bertz CT molecular complexity index is 1300. The lowest BCUT2D eigenvalue weighted by atomic mass is 9.95. The first-order chi connectivity index (χ1) is 17.7. The molecule has 2 aromatic carbocycles. The molecule has 0 radical (unpaired) electrons. The topological polar surface area (TPSA) is 84.9 Å². The summed E-state index contributed by atoms with van der Waals surface area (Å²) in [6.07, 6.45) is 10.4. The molecule has 36 heavy (non-hydrogen) atoms. The van der Waals surface area contributed by atoms with Gasteiger partial charge in [-0.3, -0.25) is 4.90 Å². The maximum absolute atomic E-state index is 6.10. The maximum Gasteiger partial charge on any atom is 0.166 e. The molecule has 1 aliphatic carbocycles. The van der Waals surface area contributed by atoms with Gasteiger partial charge in [-0.15, -0.1) is 0 Å². The molecule has 0 bridgehead atoms. The Hall–Kier alpha value is -3.45. The first kappa shape index (κ1) is 23.0. The predicted molar refractivity (Wildman–Crippen MR) is 146 cm³/mol. The molecule has 3 N–H and O–H groups in total. The summed E-state index contributed by atoms with van der Waals surface area (Å²) in [5, 5.41) is 3.76. The minimum absolute atomic E-state index is 0.364. The molecule has 1 aliphatic heterocycles. The second kappa shape index (κ2) is 10.3. The van der Waals surface area contributed by atoms with Crippen LogP contribution in [0.2, 0.25) is 0 Å². The molecule has 0 atom stereocenters. The molecule has 0 spiro atoms. The van der Waals surface area contributed by atoms with Gasteiger partial charge in [-0.1, -0.05) is 61.7 Å². The van der Waals surface area contributed by atoms with Crippen molar-refractivity contribution in [2.24, 2.45) is 0 Å². The van der Waals surface area contributed by atoms with E-state index in [1.165, 1.54) is 37.7 Å². The van der Waals surface area contributed by atoms with Gasteiger partial charge >= 0.3 is 0 Å². The van der Waals surface area contributed by atoms with Crippen molar-refractivity contribution in [1.82, 2.24) is 24.4 Å². The summed E-state index contributed by atoms with van der Waals surface area (Å²) >= 11 is 0. The lowest BCUT2D eigenvalue weighted by molar-refractivity contribution is 0.211. The highest BCUT2D eigenvalue weighted by Gasteiger charge is 2.24. The van der Waals surface area contributed by atoms with Crippen molar-refractivity contribution in [2.75, 3.05) is 24.1 Å². The maximum atomic E-state index is 6.10. The van der Waals surface area contributed by atoms with E-state index in [1.54, 1.807) is 0 Å². The molecular weight excluding hydrogens is 446 g/mol. The van der Waals surface area contributed by atoms with Crippen molar-refractivity contribution in [3.8, 4) is 11.4 Å². The van der Waals surface area contributed by atoms with Crippen LogP contribution in [0.15, 0.2) is 60.9 Å². The molecule has 7 nitrogen and oxygen atoms in total. The molecular formula is C29H35N7. The molecule has 2 fully saturated rings. The van der Waals surface area contributed by atoms with Crippen LogP contribution in [-0.4, -0.2) is 43.6 Å². The van der Waals surface area contributed by atoms with Crippen molar-refractivity contribution in [3.63, 3.8) is 0 Å². The van der Waals surface area contributed by atoms with Crippen LogP contribution < -0.4 is 11.1 Å². The molecule has 2 aromatic heterocycles. The SMILES string of the molecule is Nc1cccc(-c2nc(NC3CCN(Cc4ccccc4)CC3)c3ncn(C4CCCCC4)c3n2)c1. The number of likely N-dealkylation sites (tertiary alicyclic amines) is 1. The first-order valence-corrected chi connectivity index (χ1v) is 13.4. The number of nitrogens with two attached hydrogens (primary N) is 1. The van der Waals surface area contributed by atoms with Gasteiger partial charge in [0.25, 0.3) is 0 Å². The lowest BCUT2D eigenvalue weighted by Crippen LogP contribution is -2.38. The smallest absolute Gasteiger partial charge is 0.166 e. The fourth-order valence-electron chi connectivity index (χ4n) is 5.72. The van der Waals surface area contributed by atoms with Gasteiger partial charge in [-0.25, -0.2) is 15.0 Å². The fourth-order valence-corrected chi connectivity index (χ4v) is 5.72. The monoisotopic (exact) mass is 481 g/mol. The molecule has 7 heteroatoms. The number of hydrogen-bond acceptors (Lipinski definition) is 6. The highest BCUT2D eigenvalue weighted by atomic mass is 15.2. The minimum Gasteiger partial charge on any atom is -0.399 e. The quantitative estimate of drug-likeness (QED) is 0.346. The Balaban J connectivity index is 1.26. The van der Waals surface area contributed by atoms with Crippen molar-refractivity contribution in [3.05, 3.63) is 66.5 Å². The summed E-state index contributed by atoms with van der Waals surface area (Å²) in [5.74, 6) is 1.55. The Morgan fingerprint density at radius 1 is 0.889 bits per heavy atom. The predicted octanol–water partition coefficient (Wildman–Crippen LogP) is 5.66. The fraction of sp³-hybridized carbons (Fsp3) is 0.414. The third-order valence-corrected chi connectivity index (χ3v) is 7.71. The van der Waals surface area contributed by atoms with E-state index in [0.29, 0.717) is 17.9 Å². The number of rotatable bonds is 6. The van der Waals surface area contributed by atoms with Gasteiger partial charge in [0.2, 0.25) is 0 Å². The number of anilines is 2. The molecule has 186 valence electrons. The second-order valence-electron chi connectivity index (χ2n) is 10.3. The summed E-state index contributed by atoms with van der Waals surface area (Å²) in [4.78, 5) is 17.4. The van der Waals surface area contributed by atoms with E-state index in [-0.39, 0.29) is 0 Å². The van der Waals surface area contributed by atoms with Crippen LogP contribution in [0.5, 0.6) is 0 Å². The summed E-state index contributed by atoms with van der Waals surface area (Å²) in [6.45, 7) is 3.15. The zero-order chi connectivity index (χ0) is 24.3. The van der Waals surface area contributed by atoms with Crippen molar-refractivity contribution < 1.29 is 0 Å². The molecule has 0 unspecified atom stereocenters. The number of aromatic nitrogens is 4. The number of benzene rings is 2. The highest BCUT2D eigenvalue weighted by molar-refractivity contribution is 5.85. The first-order valence-electron chi connectivity index (χ1n) is 13.4. The Morgan fingerprint density at radius 3 is 2.47 bits per heavy atom. The van der Waals surface area contributed by atoms with E-state index < -0.39 is 0 Å². The lowest BCUT2D eigenvalue weighted by Gasteiger charge is -2.32. The van der Waals surface area contributed by atoms with Crippen LogP contribution in [0.3, 0.4) is 0 Å². The van der Waals surface area contributed by atoms with Crippen molar-refractivity contribution in [2.45, 2.75) is 63.6 Å². The van der Waals surface area contributed by atoms with Crippen LogP contribution in [0.25, 0.3) is 22.6 Å². The average molecular weight is 482 g/mol. The van der Waals surface area contributed by atoms with Crippen LogP contribution in [0.1, 0.15) is 56.6 Å². The molecule has 1 saturated carbocycles. The molecule has 2 aliphatic rings. The summed E-state index contributed by atoms with van der Waals surface area (Å²) < 4.78 is 2.29. The van der Waals surface area contributed by atoms with E-state index >= 15 is 0 Å². The third kappa shape index (κ3) is 4.93. The number of nitrogens with one attached hydrogen (secondary N) is 1. The molecule has 1 saturated heterocycles. The minimum atomic E-state index is 0.364. The van der Waals surface area contributed by atoms with Crippen molar-refractivity contribution >= 4 is 22.7 Å². The van der Waals surface area contributed by atoms with Crippen LogP contribution in [0, 0.1) is 0 Å². The van der Waals surface area contributed by atoms with Gasteiger partial charge in [0.05, 0.1) is 6.33 Å². The Kier molecular flexibility index (Phi) is 6.55. The number of nitrogens with zero attached hydrogens (tertiary/aromatic N) is 5. The third-order valence-electron chi connectivity index (χ3n) is 7.71. The van der Waals surface area contributed by atoms with Crippen molar-refractivity contribution in [1.29, 1.82) is 0 Å². The molecule has 4 aromatic rings. The Morgan fingerprint density at radius 2 is 1.69 bits per heavy atom. The zero-order valence-electron chi connectivity index (χ0n) is 20.8. The zero-order valence-corrected chi connectivity index (χ0v) is 20.8. The number of imidazole rings is 1. The summed E-state index contributed by atoms with van der Waals surface area (Å²) in [7, 11) is 0. The average Bonchev–Trinajstić information content (AvgIpc) is 3.35. The van der Waals surface area contributed by atoms with E-state index in [1.807, 2.05) is 30.6 Å². The van der Waals surface area contributed by atoms with Crippen LogP contribution >= 0.6 is 0 Å². The Labute approximate surface area is 212 Å². The van der Waals surface area contributed by atoms with Gasteiger partial charge in [-0.05, 0) is 43.4 Å². The second-order valence-corrected chi connectivity index (χ2v) is 10.3. The van der Waals surface area contributed by atoms with E-state index in [2.05, 4.69) is 45.1 Å². The van der Waals surface area contributed by atoms with Gasteiger partial charge in [0.15, 0.2) is 17.3 Å².